The van der Waals surface area contributed by atoms with E-state index in [1.807, 2.05) is 61.7 Å². The zero-order valence-corrected chi connectivity index (χ0v) is 14.9. The van der Waals surface area contributed by atoms with Crippen molar-refractivity contribution in [2.24, 2.45) is 0 Å². The van der Waals surface area contributed by atoms with Crippen molar-refractivity contribution in [1.29, 1.82) is 0 Å². The maximum atomic E-state index is 10.6. The lowest BCUT2D eigenvalue weighted by Crippen LogP contribution is -2.31. The van der Waals surface area contributed by atoms with Crippen LogP contribution in [0.15, 0.2) is 54.7 Å². The van der Waals surface area contributed by atoms with E-state index < -0.39 is 6.10 Å². The lowest BCUT2D eigenvalue weighted by molar-refractivity contribution is 0.158. The van der Waals surface area contributed by atoms with Gasteiger partial charge in [0.25, 0.3) is 0 Å². The molecule has 0 aliphatic carbocycles. The van der Waals surface area contributed by atoms with Gasteiger partial charge in [-0.2, -0.15) is 5.10 Å². The lowest BCUT2D eigenvalue weighted by atomic mass is 10.0. The van der Waals surface area contributed by atoms with Crippen molar-refractivity contribution in [3.8, 4) is 5.82 Å². The van der Waals surface area contributed by atoms with Crippen LogP contribution in [0.25, 0.3) is 5.82 Å². The van der Waals surface area contributed by atoms with Crippen molar-refractivity contribution in [2.45, 2.75) is 38.3 Å². The molecule has 1 saturated heterocycles. The van der Waals surface area contributed by atoms with Crippen molar-refractivity contribution in [3.05, 3.63) is 66.0 Å². The lowest BCUT2D eigenvalue weighted by Gasteiger charge is -2.27. The summed E-state index contributed by atoms with van der Waals surface area (Å²) in [7, 11) is 0. The van der Waals surface area contributed by atoms with Gasteiger partial charge in [0, 0.05) is 18.8 Å². The molecule has 1 aliphatic heterocycles. The largest absolute Gasteiger partial charge is 0.388 e. The van der Waals surface area contributed by atoms with Crippen LogP contribution in [0.4, 0.5) is 5.82 Å². The van der Waals surface area contributed by atoms with E-state index in [0.29, 0.717) is 12.2 Å². The maximum Gasteiger partial charge on any atom is 0.175 e. The first-order valence-corrected chi connectivity index (χ1v) is 9.07. The molecule has 134 valence electrons. The Morgan fingerprint density at radius 3 is 2.54 bits per heavy atom. The van der Waals surface area contributed by atoms with E-state index in [1.165, 1.54) is 0 Å². The quantitative estimate of drug-likeness (QED) is 0.767. The first-order valence-electron chi connectivity index (χ1n) is 9.07. The molecule has 4 rings (SSSR count). The molecule has 3 aromatic rings. The molecule has 1 aliphatic rings. The van der Waals surface area contributed by atoms with Gasteiger partial charge in [-0.15, -0.1) is 10.2 Å². The number of aliphatic hydroxyl groups excluding tert-OH is 1. The molecule has 0 spiro atoms. The molecule has 6 heteroatoms. The number of anilines is 1. The van der Waals surface area contributed by atoms with Crippen LogP contribution in [0.1, 0.15) is 36.6 Å². The Kier molecular flexibility index (Phi) is 4.67. The highest BCUT2D eigenvalue weighted by atomic mass is 16.3. The van der Waals surface area contributed by atoms with Crippen LogP contribution in [-0.2, 0) is 0 Å². The van der Waals surface area contributed by atoms with Crippen LogP contribution in [0, 0.1) is 6.92 Å². The third-order valence-corrected chi connectivity index (χ3v) is 4.94. The van der Waals surface area contributed by atoms with Crippen LogP contribution in [0.3, 0.4) is 0 Å². The molecule has 0 saturated carbocycles. The highest BCUT2D eigenvalue weighted by Crippen LogP contribution is 2.30. The Hall–Kier alpha value is -2.73. The minimum atomic E-state index is -0.457. The second kappa shape index (κ2) is 7.25. The predicted octanol–water partition coefficient (Wildman–Crippen LogP) is 3.06. The highest BCUT2D eigenvalue weighted by molar-refractivity contribution is 5.42. The summed E-state index contributed by atoms with van der Waals surface area (Å²) >= 11 is 0. The molecule has 1 fully saturated rings. The SMILES string of the molecule is Cc1ccn(-c2ccc(N3CCC[C@@H]3C[C@@H](O)c3ccccc3)nn2)n1. The van der Waals surface area contributed by atoms with Gasteiger partial charge in [-0.3, -0.25) is 0 Å². The topological polar surface area (TPSA) is 67.1 Å². The van der Waals surface area contributed by atoms with Gasteiger partial charge in [-0.25, -0.2) is 4.68 Å². The number of nitrogens with zero attached hydrogens (tertiary/aromatic N) is 5. The van der Waals surface area contributed by atoms with Gasteiger partial charge in [0.15, 0.2) is 11.6 Å². The van der Waals surface area contributed by atoms with Gasteiger partial charge in [-0.05, 0) is 49.9 Å². The molecule has 0 radical (unpaired) electrons. The number of hydrogen-bond donors (Lipinski definition) is 1. The van der Waals surface area contributed by atoms with Crippen LogP contribution >= 0.6 is 0 Å². The molecular weight excluding hydrogens is 326 g/mol. The molecule has 0 unspecified atom stereocenters. The normalized spacial score (nSPS) is 18.2. The number of aromatic nitrogens is 4. The van der Waals surface area contributed by atoms with Gasteiger partial charge in [0.05, 0.1) is 11.8 Å². The summed E-state index contributed by atoms with van der Waals surface area (Å²) in [4.78, 5) is 2.26. The van der Waals surface area contributed by atoms with Crippen LogP contribution in [-0.4, -0.2) is 37.7 Å². The average molecular weight is 349 g/mol. The highest BCUT2D eigenvalue weighted by Gasteiger charge is 2.28. The van der Waals surface area contributed by atoms with Gasteiger partial charge < -0.3 is 10.0 Å². The predicted molar refractivity (Wildman–Crippen MR) is 100 cm³/mol. The molecule has 26 heavy (non-hydrogen) atoms. The van der Waals surface area contributed by atoms with Gasteiger partial charge in [-0.1, -0.05) is 30.3 Å². The number of rotatable bonds is 5. The third kappa shape index (κ3) is 3.46. The van der Waals surface area contributed by atoms with Crippen molar-refractivity contribution >= 4 is 5.82 Å². The summed E-state index contributed by atoms with van der Waals surface area (Å²) in [5.41, 5.74) is 1.92. The Morgan fingerprint density at radius 2 is 1.85 bits per heavy atom. The molecule has 0 amide bonds. The molecule has 1 N–H and O–H groups in total. The second-order valence-corrected chi connectivity index (χ2v) is 6.80. The first-order chi connectivity index (χ1) is 12.7. The Balaban J connectivity index is 1.48. The fraction of sp³-hybridized carbons (Fsp3) is 0.350. The standard InChI is InChI=1S/C20H23N5O/c1-15-11-13-25(23-15)20-10-9-19(21-22-20)24-12-5-8-17(24)14-18(26)16-6-3-2-4-7-16/h2-4,6-7,9-11,13,17-18,26H,5,8,12,14H2,1H3/t17-,18-/m1/s1. The van der Waals surface area contributed by atoms with Crippen LogP contribution in [0.2, 0.25) is 0 Å². The maximum absolute atomic E-state index is 10.6. The van der Waals surface area contributed by atoms with E-state index in [1.54, 1.807) is 4.68 Å². The van der Waals surface area contributed by atoms with Crippen molar-refractivity contribution in [2.75, 3.05) is 11.4 Å². The molecule has 0 bridgehead atoms. The number of benzene rings is 1. The summed E-state index contributed by atoms with van der Waals surface area (Å²) in [5.74, 6) is 1.57. The van der Waals surface area contributed by atoms with Crippen LogP contribution in [0.5, 0.6) is 0 Å². The summed E-state index contributed by atoms with van der Waals surface area (Å²) in [6.45, 7) is 2.90. The summed E-state index contributed by atoms with van der Waals surface area (Å²) in [6.07, 6.45) is 4.29. The van der Waals surface area contributed by atoms with E-state index in [9.17, 15) is 5.11 Å². The van der Waals surface area contributed by atoms with Gasteiger partial charge >= 0.3 is 0 Å². The molecule has 2 aromatic heterocycles. The first kappa shape index (κ1) is 16.7. The summed E-state index contributed by atoms with van der Waals surface area (Å²) < 4.78 is 1.73. The molecule has 2 atom stereocenters. The number of aryl methyl sites for hydroxylation is 1. The minimum Gasteiger partial charge on any atom is -0.388 e. The third-order valence-electron chi connectivity index (χ3n) is 4.94. The molecule has 6 nitrogen and oxygen atoms in total. The zero-order valence-electron chi connectivity index (χ0n) is 14.9. The van der Waals surface area contributed by atoms with E-state index in [-0.39, 0.29) is 6.04 Å². The van der Waals surface area contributed by atoms with E-state index in [4.69, 9.17) is 0 Å². The smallest absolute Gasteiger partial charge is 0.175 e. The fourth-order valence-electron chi connectivity index (χ4n) is 3.59. The number of aliphatic hydroxyl groups is 1. The monoisotopic (exact) mass is 349 g/mol. The molecule has 1 aromatic carbocycles. The Labute approximate surface area is 153 Å². The van der Waals surface area contributed by atoms with Gasteiger partial charge in [0.1, 0.15) is 0 Å². The van der Waals surface area contributed by atoms with E-state index in [2.05, 4.69) is 20.2 Å². The van der Waals surface area contributed by atoms with Crippen molar-refractivity contribution in [3.63, 3.8) is 0 Å². The van der Waals surface area contributed by atoms with Gasteiger partial charge in [0.2, 0.25) is 0 Å². The summed E-state index contributed by atoms with van der Waals surface area (Å²) in [6, 6.07) is 16.0. The fourth-order valence-corrected chi connectivity index (χ4v) is 3.59. The van der Waals surface area contributed by atoms with Crippen LogP contribution < -0.4 is 4.90 Å². The number of hydrogen-bond acceptors (Lipinski definition) is 5. The average Bonchev–Trinajstić information content (AvgIpc) is 3.31. The van der Waals surface area contributed by atoms with E-state index >= 15 is 0 Å². The molecule has 3 heterocycles. The van der Waals surface area contributed by atoms with Crippen molar-refractivity contribution < 1.29 is 5.11 Å². The van der Waals surface area contributed by atoms with Crippen molar-refractivity contribution in [1.82, 2.24) is 20.0 Å². The Morgan fingerprint density at radius 1 is 1.08 bits per heavy atom. The zero-order chi connectivity index (χ0) is 17.9. The van der Waals surface area contributed by atoms with E-state index in [0.717, 1.165) is 36.5 Å². The minimum absolute atomic E-state index is 0.275. The second-order valence-electron chi connectivity index (χ2n) is 6.80. The Bertz CT molecular complexity index is 846. The molecular formula is C20H23N5O. The summed E-state index contributed by atoms with van der Waals surface area (Å²) in [5, 5.41) is 23.7.